The van der Waals surface area contributed by atoms with Gasteiger partial charge in [-0.1, -0.05) is 11.6 Å². The summed E-state index contributed by atoms with van der Waals surface area (Å²) in [6, 6.07) is 0.0716. The Labute approximate surface area is 142 Å². The molecule has 0 radical (unpaired) electrons. The standard InChI is InChI=1S/C16H25ClN4O2/c1-11-9-18-14(20-13(11)17)19-10-12-7-5-6-8-21(12)15(22)23-16(2,3)4/h9,12H,5-8,10H2,1-4H3,(H,18,19,20)/t12-/m1/s1. The van der Waals surface area contributed by atoms with Crippen molar-refractivity contribution in [3.05, 3.63) is 16.9 Å². The summed E-state index contributed by atoms with van der Waals surface area (Å²) >= 11 is 6.01. The highest BCUT2D eigenvalue weighted by molar-refractivity contribution is 6.30. The van der Waals surface area contributed by atoms with Crippen LogP contribution in [0.5, 0.6) is 0 Å². The number of aryl methyl sites for hydroxylation is 1. The third kappa shape index (κ3) is 5.23. The zero-order valence-corrected chi connectivity index (χ0v) is 15.0. The summed E-state index contributed by atoms with van der Waals surface area (Å²) in [7, 11) is 0. The summed E-state index contributed by atoms with van der Waals surface area (Å²) < 4.78 is 5.50. The number of likely N-dealkylation sites (tertiary alicyclic amines) is 1. The van der Waals surface area contributed by atoms with E-state index in [1.807, 2.05) is 27.7 Å². The van der Waals surface area contributed by atoms with Gasteiger partial charge in [0.2, 0.25) is 5.95 Å². The van der Waals surface area contributed by atoms with Gasteiger partial charge in [-0.25, -0.2) is 14.8 Å². The molecule has 1 aromatic heterocycles. The molecule has 6 nitrogen and oxygen atoms in total. The molecule has 0 bridgehead atoms. The summed E-state index contributed by atoms with van der Waals surface area (Å²) in [5.74, 6) is 0.482. The van der Waals surface area contributed by atoms with Crippen molar-refractivity contribution < 1.29 is 9.53 Å². The van der Waals surface area contributed by atoms with Crippen molar-refractivity contribution in [3.8, 4) is 0 Å². The molecule has 0 saturated carbocycles. The lowest BCUT2D eigenvalue weighted by Crippen LogP contribution is -2.49. The zero-order valence-electron chi connectivity index (χ0n) is 14.2. The summed E-state index contributed by atoms with van der Waals surface area (Å²) in [5.41, 5.74) is 0.352. The lowest BCUT2D eigenvalue weighted by atomic mass is 10.0. The Bertz CT molecular complexity index is 560. The van der Waals surface area contributed by atoms with Crippen molar-refractivity contribution in [2.75, 3.05) is 18.4 Å². The number of carbonyl (C=O) groups is 1. The molecule has 2 heterocycles. The minimum absolute atomic E-state index is 0.0716. The van der Waals surface area contributed by atoms with E-state index in [1.54, 1.807) is 11.1 Å². The number of amides is 1. The third-order valence-corrected chi connectivity index (χ3v) is 4.04. The average Bonchev–Trinajstić information content (AvgIpc) is 2.47. The fraction of sp³-hybridized carbons (Fsp3) is 0.688. The summed E-state index contributed by atoms with van der Waals surface area (Å²) in [6.07, 6.45) is 4.46. The quantitative estimate of drug-likeness (QED) is 0.851. The number of piperidine rings is 1. The van der Waals surface area contributed by atoms with Gasteiger partial charge in [-0.2, -0.15) is 0 Å². The second-order valence-electron chi connectivity index (χ2n) is 6.87. The molecule has 1 fully saturated rings. The average molecular weight is 341 g/mol. The van der Waals surface area contributed by atoms with E-state index in [-0.39, 0.29) is 12.1 Å². The molecule has 1 aromatic rings. The van der Waals surface area contributed by atoms with Gasteiger partial charge in [0.25, 0.3) is 0 Å². The number of rotatable bonds is 3. The summed E-state index contributed by atoms with van der Waals surface area (Å²) in [5, 5.41) is 3.61. The van der Waals surface area contributed by atoms with Crippen molar-refractivity contribution in [1.29, 1.82) is 0 Å². The molecule has 1 N–H and O–H groups in total. The second-order valence-corrected chi connectivity index (χ2v) is 7.23. The fourth-order valence-corrected chi connectivity index (χ4v) is 2.62. The number of hydrogen-bond donors (Lipinski definition) is 1. The minimum atomic E-state index is -0.486. The van der Waals surface area contributed by atoms with E-state index in [4.69, 9.17) is 16.3 Å². The van der Waals surface area contributed by atoms with Crippen molar-refractivity contribution in [3.63, 3.8) is 0 Å². The van der Waals surface area contributed by atoms with Gasteiger partial charge < -0.3 is 15.0 Å². The highest BCUT2D eigenvalue weighted by Gasteiger charge is 2.30. The van der Waals surface area contributed by atoms with Gasteiger partial charge >= 0.3 is 6.09 Å². The molecular formula is C16H25ClN4O2. The number of ether oxygens (including phenoxy) is 1. The predicted molar refractivity (Wildman–Crippen MR) is 90.8 cm³/mol. The Morgan fingerprint density at radius 2 is 2.22 bits per heavy atom. The molecule has 2 rings (SSSR count). The number of aromatic nitrogens is 2. The van der Waals surface area contributed by atoms with Crippen molar-refractivity contribution in [1.82, 2.24) is 14.9 Å². The Balaban J connectivity index is 1.98. The molecule has 0 aliphatic carbocycles. The first-order valence-electron chi connectivity index (χ1n) is 7.99. The normalized spacial score (nSPS) is 18.7. The molecule has 7 heteroatoms. The maximum Gasteiger partial charge on any atom is 0.410 e. The monoisotopic (exact) mass is 340 g/mol. The summed E-state index contributed by atoms with van der Waals surface area (Å²) in [4.78, 5) is 22.6. The van der Waals surface area contributed by atoms with Crippen LogP contribution in [0.4, 0.5) is 10.7 Å². The molecule has 1 saturated heterocycles. The van der Waals surface area contributed by atoms with Gasteiger partial charge in [-0.3, -0.25) is 0 Å². The van der Waals surface area contributed by atoms with E-state index in [9.17, 15) is 4.79 Å². The Morgan fingerprint density at radius 1 is 1.48 bits per heavy atom. The first-order chi connectivity index (χ1) is 10.8. The van der Waals surface area contributed by atoms with Crippen LogP contribution in [0.3, 0.4) is 0 Å². The van der Waals surface area contributed by atoms with Crippen LogP contribution in [0.25, 0.3) is 0 Å². The number of hydrogen-bond acceptors (Lipinski definition) is 5. The first kappa shape index (κ1) is 17.8. The van der Waals surface area contributed by atoms with Crippen LogP contribution in [-0.4, -0.2) is 45.7 Å². The minimum Gasteiger partial charge on any atom is -0.444 e. The van der Waals surface area contributed by atoms with Gasteiger partial charge in [0, 0.05) is 24.8 Å². The van der Waals surface area contributed by atoms with Crippen LogP contribution in [0, 0.1) is 6.92 Å². The number of nitrogens with zero attached hydrogens (tertiary/aromatic N) is 3. The third-order valence-electron chi connectivity index (χ3n) is 3.66. The summed E-state index contributed by atoms with van der Waals surface area (Å²) in [6.45, 7) is 8.80. The topological polar surface area (TPSA) is 67.4 Å². The highest BCUT2D eigenvalue weighted by Crippen LogP contribution is 2.21. The van der Waals surface area contributed by atoms with Crippen LogP contribution in [0.15, 0.2) is 6.20 Å². The Kier molecular flexibility index (Phi) is 5.68. The molecule has 128 valence electrons. The SMILES string of the molecule is Cc1cnc(NC[C@H]2CCCCN2C(=O)OC(C)(C)C)nc1Cl. The molecule has 23 heavy (non-hydrogen) atoms. The lowest BCUT2D eigenvalue weighted by Gasteiger charge is -2.36. The highest BCUT2D eigenvalue weighted by atomic mass is 35.5. The second kappa shape index (κ2) is 7.34. The molecule has 0 spiro atoms. The van der Waals surface area contributed by atoms with Crippen LogP contribution >= 0.6 is 11.6 Å². The molecular weight excluding hydrogens is 316 g/mol. The molecule has 1 amide bonds. The van der Waals surface area contributed by atoms with Crippen LogP contribution in [-0.2, 0) is 4.74 Å². The molecule has 0 aromatic carbocycles. The van der Waals surface area contributed by atoms with E-state index < -0.39 is 5.60 Å². The van der Waals surface area contributed by atoms with E-state index in [2.05, 4.69) is 15.3 Å². The molecule has 0 unspecified atom stereocenters. The number of halogens is 1. The zero-order chi connectivity index (χ0) is 17.0. The van der Waals surface area contributed by atoms with Crippen LogP contribution in [0.1, 0.15) is 45.6 Å². The Morgan fingerprint density at radius 3 is 2.87 bits per heavy atom. The van der Waals surface area contributed by atoms with E-state index in [0.29, 0.717) is 17.6 Å². The van der Waals surface area contributed by atoms with Gasteiger partial charge in [-0.15, -0.1) is 0 Å². The van der Waals surface area contributed by atoms with Gasteiger partial charge in [-0.05, 0) is 47.0 Å². The molecule has 1 aliphatic rings. The maximum atomic E-state index is 12.4. The number of carbonyl (C=O) groups excluding carboxylic acids is 1. The van der Waals surface area contributed by atoms with Gasteiger partial charge in [0.05, 0.1) is 6.04 Å². The Hall–Kier alpha value is -1.56. The number of nitrogens with one attached hydrogen (secondary N) is 1. The van der Waals surface area contributed by atoms with E-state index in [0.717, 1.165) is 31.4 Å². The maximum absolute atomic E-state index is 12.4. The van der Waals surface area contributed by atoms with Crippen molar-refractivity contribution in [2.24, 2.45) is 0 Å². The number of anilines is 1. The van der Waals surface area contributed by atoms with E-state index >= 15 is 0 Å². The smallest absolute Gasteiger partial charge is 0.410 e. The lowest BCUT2D eigenvalue weighted by molar-refractivity contribution is 0.0114. The predicted octanol–water partition coefficient (Wildman–Crippen LogP) is 3.64. The molecule has 1 aliphatic heterocycles. The molecule has 1 atom stereocenters. The van der Waals surface area contributed by atoms with Crippen molar-refractivity contribution >= 4 is 23.6 Å². The van der Waals surface area contributed by atoms with Gasteiger partial charge in [0.15, 0.2) is 0 Å². The van der Waals surface area contributed by atoms with Gasteiger partial charge in [0.1, 0.15) is 10.8 Å². The van der Waals surface area contributed by atoms with Crippen molar-refractivity contribution in [2.45, 2.75) is 58.6 Å². The fourth-order valence-electron chi connectivity index (χ4n) is 2.49. The first-order valence-corrected chi connectivity index (χ1v) is 8.37. The van der Waals surface area contributed by atoms with Crippen LogP contribution < -0.4 is 5.32 Å². The van der Waals surface area contributed by atoms with Crippen LogP contribution in [0.2, 0.25) is 5.15 Å². The largest absolute Gasteiger partial charge is 0.444 e. The van der Waals surface area contributed by atoms with E-state index in [1.165, 1.54) is 0 Å².